The SMILES string of the molecule is COc1ccc(N(C)CC(=O)c2cccc(Br)c2)cc1. The molecule has 0 aliphatic heterocycles. The highest BCUT2D eigenvalue weighted by atomic mass is 79.9. The number of ether oxygens (including phenoxy) is 1. The highest BCUT2D eigenvalue weighted by Crippen LogP contribution is 2.19. The van der Waals surface area contributed by atoms with Crippen molar-refractivity contribution in [2.24, 2.45) is 0 Å². The Morgan fingerprint density at radius 3 is 2.50 bits per heavy atom. The summed E-state index contributed by atoms with van der Waals surface area (Å²) in [5, 5.41) is 0. The van der Waals surface area contributed by atoms with E-state index in [9.17, 15) is 4.79 Å². The molecule has 104 valence electrons. The number of anilines is 1. The molecule has 0 atom stereocenters. The number of rotatable bonds is 5. The normalized spacial score (nSPS) is 10.2. The van der Waals surface area contributed by atoms with E-state index in [-0.39, 0.29) is 5.78 Å². The van der Waals surface area contributed by atoms with Crippen molar-refractivity contribution in [3.05, 3.63) is 58.6 Å². The number of hydrogen-bond acceptors (Lipinski definition) is 3. The summed E-state index contributed by atoms with van der Waals surface area (Å²) < 4.78 is 6.03. The average molecular weight is 334 g/mol. The molecule has 20 heavy (non-hydrogen) atoms. The second kappa shape index (κ2) is 6.57. The molecule has 0 N–H and O–H groups in total. The zero-order valence-corrected chi connectivity index (χ0v) is 13.1. The van der Waals surface area contributed by atoms with Crippen LogP contribution in [0.15, 0.2) is 53.0 Å². The number of hydrogen-bond donors (Lipinski definition) is 0. The van der Waals surface area contributed by atoms with E-state index in [0.29, 0.717) is 12.1 Å². The first-order chi connectivity index (χ1) is 9.60. The fourth-order valence-corrected chi connectivity index (χ4v) is 2.30. The summed E-state index contributed by atoms with van der Waals surface area (Å²) in [7, 11) is 3.53. The summed E-state index contributed by atoms with van der Waals surface area (Å²) in [6, 6.07) is 15.1. The first kappa shape index (κ1) is 14.6. The summed E-state index contributed by atoms with van der Waals surface area (Å²) in [6.07, 6.45) is 0. The molecule has 0 unspecified atom stereocenters. The number of ketones is 1. The third-order valence-electron chi connectivity index (χ3n) is 3.04. The van der Waals surface area contributed by atoms with Gasteiger partial charge in [0.1, 0.15) is 5.75 Å². The van der Waals surface area contributed by atoms with E-state index in [1.54, 1.807) is 7.11 Å². The summed E-state index contributed by atoms with van der Waals surface area (Å²) in [5.41, 5.74) is 1.69. The molecule has 0 amide bonds. The van der Waals surface area contributed by atoms with E-state index in [0.717, 1.165) is 15.9 Å². The molecule has 0 fully saturated rings. The standard InChI is InChI=1S/C16H16BrNO2/c1-18(14-6-8-15(20-2)9-7-14)11-16(19)12-4-3-5-13(17)10-12/h3-10H,11H2,1-2H3. The third kappa shape index (κ3) is 3.61. The molecule has 0 heterocycles. The molecular weight excluding hydrogens is 318 g/mol. The van der Waals surface area contributed by atoms with Crippen LogP contribution in [0.4, 0.5) is 5.69 Å². The van der Waals surface area contributed by atoms with Gasteiger partial charge in [0.05, 0.1) is 13.7 Å². The molecule has 0 radical (unpaired) electrons. The van der Waals surface area contributed by atoms with E-state index in [2.05, 4.69) is 15.9 Å². The van der Waals surface area contributed by atoms with E-state index in [1.807, 2.05) is 60.5 Å². The molecule has 0 bridgehead atoms. The van der Waals surface area contributed by atoms with Gasteiger partial charge in [0.15, 0.2) is 5.78 Å². The monoisotopic (exact) mass is 333 g/mol. The Morgan fingerprint density at radius 2 is 1.90 bits per heavy atom. The smallest absolute Gasteiger partial charge is 0.182 e. The number of carbonyl (C=O) groups excluding carboxylic acids is 1. The van der Waals surface area contributed by atoms with Gasteiger partial charge in [0.25, 0.3) is 0 Å². The van der Waals surface area contributed by atoms with Crippen LogP contribution in [-0.4, -0.2) is 26.5 Å². The van der Waals surface area contributed by atoms with Crippen LogP contribution in [0.2, 0.25) is 0 Å². The number of methoxy groups -OCH3 is 1. The molecule has 0 saturated carbocycles. The molecule has 4 heteroatoms. The van der Waals surface area contributed by atoms with Crippen molar-refractivity contribution in [3.63, 3.8) is 0 Å². The zero-order chi connectivity index (χ0) is 14.5. The number of nitrogens with zero attached hydrogens (tertiary/aromatic N) is 1. The summed E-state index contributed by atoms with van der Waals surface area (Å²) >= 11 is 3.38. The molecule has 2 aromatic rings. The maximum absolute atomic E-state index is 12.2. The first-order valence-electron chi connectivity index (χ1n) is 6.24. The van der Waals surface area contributed by atoms with Gasteiger partial charge in [-0.3, -0.25) is 4.79 Å². The molecule has 0 aliphatic rings. The minimum atomic E-state index is 0.0876. The van der Waals surface area contributed by atoms with Gasteiger partial charge in [-0.1, -0.05) is 28.1 Å². The van der Waals surface area contributed by atoms with Crippen molar-refractivity contribution in [1.82, 2.24) is 0 Å². The largest absolute Gasteiger partial charge is 0.497 e. The van der Waals surface area contributed by atoms with Crippen molar-refractivity contribution in [2.75, 3.05) is 25.6 Å². The van der Waals surface area contributed by atoms with Crippen molar-refractivity contribution in [2.45, 2.75) is 0 Å². The van der Waals surface area contributed by atoms with E-state index < -0.39 is 0 Å². The van der Waals surface area contributed by atoms with Gasteiger partial charge in [-0.15, -0.1) is 0 Å². The zero-order valence-electron chi connectivity index (χ0n) is 11.5. The lowest BCUT2D eigenvalue weighted by atomic mass is 10.1. The highest BCUT2D eigenvalue weighted by Gasteiger charge is 2.10. The Morgan fingerprint density at radius 1 is 1.20 bits per heavy atom. The van der Waals surface area contributed by atoms with Gasteiger partial charge < -0.3 is 9.64 Å². The highest BCUT2D eigenvalue weighted by molar-refractivity contribution is 9.10. The van der Waals surface area contributed by atoms with Gasteiger partial charge in [-0.05, 0) is 36.4 Å². The second-order valence-electron chi connectivity index (χ2n) is 4.49. The van der Waals surface area contributed by atoms with Crippen LogP contribution in [0.25, 0.3) is 0 Å². The van der Waals surface area contributed by atoms with E-state index in [1.165, 1.54) is 0 Å². The molecule has 0 aliphatic carbocycles. The quantitative estimate of drug-likeness (QED) is 0.780. The predicted molar refractivity (Wildman–Crippen MR) is 84.7 cm³/mol. The van der Waals surface area contributed by atoms with E-state index in [4.69, 9.17) is 4.74 Å². The van der Waals surface area contributed by atoms with Crippen LogP contribution >= 0.6 is 15.9 Å². The summed E-state index contributed by atoms with van der Waals surface area (Å²) in [5.74, 6) is 0.894. The topological polar surface area (TPSA) is 29.5 Å². The lowest BCUT2D eigenvalue weighted by Gasteiger charge is -2.18. The summed E-state index contributed by atoms with van der Waals surface area (Å²) in [4.78, 5) is 14.1. The maximum atomic E-state index is 12.2. The van der Waals surface area contributed by atoms with Gasteiger partial charge in [0, 0.05) is 22.8 Å². The average Bonchev–Trinajstić information content (AvgIpc) is 2.47. The van der Waals surface area contributed by atoms with Crippen molar-refractivity contribution < 1.29 is 9.53 Å². The predicted octanol–water partition coefficient (Wildman–Crippen LogP) is 3.78. The Balaban J connectivity index is 2.06. The van der Waals surface area contributed by atoms with Crippen molar-refractivity contribution >= 4 is 27.4 Å². The van der Waals surface area contributed by atoms with Crippen LogP contribution in [0.3, 0.4) is 0 Å². The van der Waals surface area contributed by atoms with Crippen LogP contribution in [-0.2, 0) is 0 Å². The van der Waals surface area contributed by atoms with Crippen LogP contribution in [0.1, 0.15) is 10.4 Å². The Labute approximate surface area is 127 Å². The number of benzene rings is 2. The number of Topliss-reactive ketones (excluding diaryl/α,β-unsaturated/α-hetero) is 1. The Hall–Kier alpha value is -1.81. The van der Waals surface area contributed by atoms with Crippen molar-refractivity contribution in [3.8, 4) is 5.75 Å². The fraction of sp³-hybridized carbons (Fsp3) is 0.188. The molecule has 0 aromatic heterocycles. The minimum Gasteiger partial charge on any atom is -0.497 e. The fourth-order valence-electron chi connectivity index (χ4n) is 1.90. The summed E-state index contributed by atoms with van der Waals surface area (Å²) in [6.45, 7) is 0.336. The Bertz CT molecular complexity index is 596. The van der Waals surface area contributed by atoms with Crippen LogP contribution < -0.4 is 9.64 Å². The third-order valence-corrected chi connectivity index (χ3v) is 3.53. The lowest BCUT2D eigenvalue weighted by molar-refractivity contribution is 0.100. The molecule has 2 aromatic carbocycles. The van der Waals surface area contributed by atoms with Crippen LogP contribution in [0, 0.1) is 0 Å². The lowest BCUT2D eigenvalue weighted by Crippen LogP contribution is -2.25. The number of likely N-dealkylation sites (N-methyl/N-ethyl adjacent to an activating group) is 1. The van der Waals surface area contributed by atoms with Crippen molar-refractivity contribution in [1.29, 1.82) is 0 Å². The van der Waals surface area contributed by atoms with Gasteiger partial charge in [-0.25, -0.2) is 0 Å². The van der Waals surface area contributed by atoms with Gasteiger partial charge in [-0.2, -0.15) is 0 Å². The number of carbonyl (C=O) groups is 1. The number of halogens is 1. The molecule has 2 rings (SSSR count). The van der Waals surface area contributed by atoms with E-state index >= 15 is 0 Å². The van der Waals surface area contributed by atoms with Gasteiger partial charge in [0.2, 0.25) is 0 Å². The van der Waals surface area contributed by atoms with Crippen LogP contribution in [0.5, 0.6) is 5.75 Å². The molecular formula is C16H16BrNO2. The maximum Gasteiger partial charge on any atom is 0.182 e. The molecule has 0 saturated heterocycles. The Kier molecular flexibility index (Phi) is 4.79. The first-order valence-corrected chi connectivity index (χ1v) is 7.03. The molecule has 3 nitrogen and oxygen atoms in total. The van der Waals surface area contributed by atoms with Gasteiger partial charge >= 0.3 is 0 Å². The molecule has 0 spiro atoms. The minimum absolute atomic E-state index is 0.0876. The second-order valence-corrected chi connectivity index (χ2v) is 5.40.